The number of nitriles is 1. The number of carbonyl (C=O) groups excluding carboxylic acids is 1. The fourth-order valence-electron chi connectivity index (χ4n) is 1.40. The summed E-state index contributed by atoms with van der Waals surface area (Å²) in [7, 11) is 1.74. The van der Waals surface area contributed by atoms with Crippen LogP contribution in [0.4, 0.5) is 15.8 Å². The number of benzene rings is 1. The Balaban J connectivity index is 2.52. The highest BCUT2D eigenvalue weighted by molar-refractivity contribution is 5.95. The number of amides is 1. The SMILES string of the molecule is CN(CCC#N)CC(=O)Nc1ccc(F)cc1N. The summed E-state index contributed by atoms with van der Waals surface area (Å²) in [4.78, 5) is 13.4. The number of halogens is 1. The highest BCUT2D eigenvalue weighted by Gasteiger charge is 2.08. The standard InChI is InChI=1S/C12H15FN4O/c1-17(6-2-5-14)8-12(18)16-11-4-3-9(13)7-10(11)15/h3-4,7H,2,6,8,15H2,1H3,(H,16,18). The van der Waals surface area contributed by atoms with Gasteiger partial charge in [-0.2, -0.15) is 5.26 Å². The number of nitrogen functional groups attached to an aromatic ring is 1. The molecule has 0 aliphatic carbocycles. The Labute approximate surface area is 105 Å². The van der Waals surface area contributed by atoms with E-state index < -0.39 is 5.82 Å². The van der Waals surface area contributed by atoms with Gasteiger partial charge in [-0.1, -0.05) is 0 Å². The summed E-state index contributed by atoms with van der Waals surface area (Å²) in [6.45, 7) is 0.668. The van der Waals surface area contributed by atoms with Gasteiger partial charge in [0.15, 0.2) is 0 Å². The maximum atomic E-state index is 12.8. The van der Waals surface area contributed by atoms with Crippen molar-refractivity contribution in [2.45, 2.75) is 6.42 Å². The molecular formula is C12H15FN4O. The van der Waals surface area contributed by atoms with E-state index in [1.165, 1.54) is 12.1 Å². The van der Waals surface area contributed by atoms with Gasteiger partial charge in [-0.3, -0.25) is 9.69 Å². The van der Waals surface area contributed by atoms with Crippen LogP contribution in [-0.2, 0) is 4.79 Å². The Morgan fingerprint density at radius 1 is 1.61 bits per heavy atom. The van der Waals surface area contributed by atoms with Crippen molar-refractivity contribution in [1.29, 1.82) is 5.26 Å². The quantitative estimate of drug-likeness (QED) is 0.769. The van der Waals surface area contributed by atoms with Crippen molar-refractivity contribution < 1.29 is 9.18 Å². The number of anilines is 2. The molecule has 18 heavy (non-hydrogen) atoms. The van der Waals surface area contributed by atoms with Crippen LogP contribution in [0.5, 0.6) is 0 Å². The van der Waals surface area contributed by atoms with Crippen molar-refractivity contribution in [3.05, 3.63) is 24.0 Å². The normalized spacial score (nSPS) is 10.1. The second kappa shape index (κ2) is 6.57. The maximum absolute atomic E-state index is 12.8. The van der Waals surface area contributed by atoms with E-state index in [1.54, 1.807) is 11.9 Å². The number of nitrogens with one attached hydrogen (secondary N) is 1. The second-order valence-electron chi connectivity index (χ2n) is 3.93. The molecule has 0 aromatic heterocycles. The third-order valence-electron chi connectivity index (χ3n) is 2.31. The molecule has 1 amide bonds. The van der Waals surface area contributed by atoms with Gasteiger partial charge < -0.3 is 11.1 Å². The summed E-state index contributed by atoms with van der Waals surface area (Å²) in [5.41, 5.74) is 6.14. The van der Waals surface area contributed by atoms with E-state index in [0.717, 1.165) is 6.07 Å². The predicted octanol–water partition coefficient (Wildman–Crippen LogP) is 1.19. The van der Waals surface area contributed by atoms with Crippen LogP contribution < -0.4 is 11.1 Å². The monoisotopic (exact) mass is 250 g/mol. The molecule has 1 rings (SSSR count). The van der Waals surface area contributed by atoms with Gasteiger partial charge in [-0.15, -0.1) is 0 Å². The molecule has 0 unspecified atom stereocenters. The Hall–Kier alpha value is -2.13. The molecule has 3 N–H and O–H groups in total. The van der Waals surface area contributed by atoms with Crippen molar-refractivity contribution in [1.82, 2.24) is 4.90 Å². The van der Waals surface area contributed by atoms with Crippen molar-refractivity contribution in [2.24, 2.45) is 0 Å². The van der Waals surface area contributed by atoms with E-state index in [0.29, 0.717) is 18.7 Å². The molecule has 0 aliphatic rings. The topological polar surface area (TPSA) is 82.2 Å². The Morgan fingerprint density at radius 3 is 2.94 bits per heavy atom. The number of nitrogens with two attached hydrogens (primary N) is 1. The first-order valence-corrected chi connectivity index (χ1v) is 5.43. The first kappa shape index (κ1) is 13.9. The van der Waals surface area contributed by atoms with Gasteiger partial charge >= 0.3 is 0 Å². The van der Waals surface area contributed by atoms with Crippen molar-refractivity contribution in [3.8, 4) is 6.07 Å². The maximum Gasteiger partial charge on any atom is 0.238 e. The lowest BCUT2D eigenvalue weighted by molar-refractivity contribution is -0.117. The molecule has 5 nitrogen and oxygen atoms in total. The van der Waals surface area contributed by atoms with Gasteiger partial charge in [0, 0.05) is 13.0 Å². The molecule has 0 radical (unpaired) electrons. The summed E-state index contributed by atoms with van der Waals surface area (Å²) in [5, 5.41) is 11.0. The van der Waals surface area contributed by atoms with Gasteiger partial charge in [-0.25, -0.2) is 4.39 Å². The lowest BCUT2D eigenvalue weighted by Gasteiger charge is -2.15. The molecule has 6 heteroatoms. The Morgan fingerprint density at radius 2 is 2.33 bits per heavy atom. The molecule has 0 fully saturated rings. The average Bonchev–Trinajstić information content (AvgIpc) is 2.30. The predicted molar refractivity (Wildman–Crippen MR) is 67.2 cm³/mol. The lowest BCUT2D eigenvalue weighted by atomic mass is 10.2. The fraction of sp³-hybridized carbons (Fsp3) is 0.333. The molecule has 0 heterocycles. The molecular weight excluding hydrogens is 235 g/mol. The summed E-state index contributed by atoms with van der Waals surface area (Å²) in [5.74, 6) is -0.703. The Bertz CT molecular complexity index is 470. The van der Waals surface area contributed by atoms with Crippen LogP contribution in [0.25, 0.3) is 0 Å². The number of hydrogen-bond donors (Lipinski definition) is 2. The number of hydrogen-bond acceptors (Lipinski definition) is 4. The Kier molecular flexibility index (Phi) is 5.08. The van der Waals surface area contributed by atoms with Crippen LogP contribution >= 0.6 is 0 Å². The van der Waals surface area contributed by atoms with Crippen molar-refractivity contribution in [3.63, 3.8) is 0 Å². The molecule has 0 bridgehead atoms. The molecule has 0 aliphatic heterocycles. The highest BCUT2D eigenvalue weighted by Crippen LogP contribution is 2.18. The molecule has 1 aromatic carbocycles. The van der Waals surface area contributed by atoms with Gasteiger partial charge in [0.2, 0.25) is 5.91 Å². The zero-order valence-electron chi connectivity index (χ0n) is 10.1. The minimum absolute atomic E-state index is 0.151. The number of carbonyl (C=O) groups is 1. The van der Waals surface area contributed by atoms with Gasteiger partial charge in [0.1, 0.15) is 5.82 Å². The molecule has 0 saturated heterocycles. The zero-order valence-corrected chi connectivity index (χ0v) is 10.1. The molecule has 96 valence electrons. The van der Waals surface area contributed by atoms with Gasteiger partial charge in [-0.05, 0) is 25.2 Å². The van der Waals surface area contributed by atoms with E-state index in [-0.39, 0.29) is 18.1 Å². The van der Waals surface area contributed by atoms with E-state index in [1.807, 2.05) is 6.07 Å². The van der Waals surface area contributed by atoms with Crippen LogP contribution in [0.2, 0.25) is 0 Å². The number of nitrogens with zero attached hydrogens (tertiary/aromatic N) is 2. The largest absolute Gasteiger partial charge is 0.397 e. The van der Waals surface area contributed by atoms with E-state index >= 15 is 0 Å². The molecule has 0 spiro atoms. The average molecular weight is 250 g/mol. The second-order valence-corrected chi connectivity index (χ2v) is 3.93. The van der Waals surface area contributed by atoms with Crippen LogP contribution in [0.15, 0.2) is 18.2 Å². The first-order valence-electron chi connectivity index (χ1n) is 5.43. The molecule has 0 atom stereocenters. The number of rotatable bonds is 5. The summed E-state index contributed by atoms with van der Waals surface area (Å²) >= 11 is 0. The molecule has 0 saturated carbocycles. The van der Waals surface area contributed by atoms with E-state index in [4.69, 9.17) is 11.0 Å². The van der Waals surface area contributed by atoms with Crippen molar-refractivity contribution in [2.75, 3.05) is 31.2 Å². The van der Waals surface area contributed by atoms with Crippen LogP contribution in [0.3, 0.4) is 0 Å². The third-order valence-corrected chi connectivity index (χ3v) is 2.31. The smallest absolute Gasteiger partial charge is 0.238 e. The number of likely N-dealkylation sites (N-methyl/N-ethyl adjacent to an activating group) is 1. The van der Waals surface area contributed by atoms with Gasteiger partial charge in [0.05, 0.1) is 24.0 Å². The fourth-order valence-corrected chi connectivity index (χ4v) is 1.40. The van der Waals surface area contributed by atoms with Crippen LogP contribution in [0.1, 0.15) is 6.42 Å². The van der Waals surface area contributed by atoms with E-state index in [9.17, 15) is 9.18 Å². The minimum Gasteiger partial charge on any atom is -0.397 e. The first-order chi connectivity index (χ1) is 8.52. The highest BCUT2D eigenvalue weighted by atomic mass is 19.1. The molecule has 1 aromatic rings. The zero-order chi connectivity index (χ0) is 13.5. The summed E-state index contributed by atoms with van der Waals surface area (Å²) < 4.78 is 12.8. The van der Waals surface area contributed by atoms with Gasteiger partial charge in [0.25, 0.3) is 0 Å². The summed E-state index contributed by atoms with van der Waals surface area (Å²) in [6.07, 6.45) is 0.364. The lowest BCUT2D eigenvalue weighted by Crippen LogP contribution is -2.31. The summed E-state index contributed by atoms with van der Waals surface area (Å²) in [6, 6.07) is 5.79. The minimum atomic E-state index is -0.448. The van der Waals surface area contributed by atoms with Crippen LogP contribution in [-0.4, -0.2) is 30.9 Å². The van der Waals surface area contributed by atoms with Crippen molar-refractivity contribution >= 4 is 17.3 Å². The van der Waals surface area contributed by atoms with Crippen LogP contribution in [0, 0.1) is 17.1 Å². The third kappa shape index (κ3) is 4.39. The van der Waals surface area contributed by atoms with E-state index in [2.05, 4.69) is 5.32 Å².